The van der Waals surface area contributed by atoms with Crippen LogP contribution in [0.4, 0.5) is 5.69 Å². The molecule has 0 saturated carbocycles. The molecule has 1 heterocycles. The molecule has 6 heteroatoms. The zero-order chi connectivity index (χ0) is 17.2. The Kier molecular flexibility index (Phi) is 4.69. The van der Waals surface area contributed by atoms with Crippen LogP contribution in [0.5, 0.6) is 0 Å². The van der Waals surface area contributed by atoms with Crippen molar-refractivity contribution in [3.8, 4) is 0 Å². The van der Waals surface area contributed by atoms with E-state index < -0.39 is 10.0 Å². The van der Waals surface area contributed by atoms with E-state index in [1.807, 2.05) is 37.3 Å². The summed E-state index contributed by atoms with van der Waals surface area (Å²) in [5.41, 5.74) is 1.81. The van der Waals surface area contributed by atoms with Gasteiger partial charge in [0.2, 0.25) is 15.9 Å². The van der Waals surface area contributed by atoms with Crippen molar-refractivity contribution in [1.82, 2.24) is 4.31 Å². The molecular weight excluding hydrogens is 324 g/mol. The van der Waals surface area contributed by atoms with Gasteiger partial charge in [0.15, 0.2) is 0 Å². The van der Waals surface area contributed by atoms with Crippen LogP contribution in [0, 0.1) is 6.92 Å². The maximum atomic E-state index is 12.8. The van der Waals surface area contributed by atoms with Gasteiger partial charge in [0.1, 0.15) is 0 Å². The average Bonchev–Trinajstić information content (AvgIpc) is 2.78. The standard InChI is InChI=1S/C18H20N2O3S/c1-15-7-9-17(10-8-15)24(22,23)19-12-11-18(21)20(14-13-19)16-5-3-2-4-6-16/h2-10H,11-14H2,1H3. The molecule has 1 saturated heterocycles. The fourth-order valence-electron chi connectivity index (χ4n) is 2.78. The molecule has 0 radical (unpaired) electrons. The molecule has 0 N–H and O–H groups in total. The number of hydrogen-bond donors (Lipinski definition) is 0. The molecular formula is C18H20N2O3S. The summed E-state index contributed by atoms with van der Waals surface area (Å²) >= 11 is 0. The largest absolute Gasteiger partial charge is 0.311 e. The highest BCUT2D eigenvalue weighted by molar-refractivity contribution is 7.89. The molecule has 0 unspecified atom stereocenters. The Bertz CT molecular complexity index is 817. The van der Waals surface area contributed by atoms with Crippen LogP contribution in [0.1, 0.15) is 12.0 Å². The number of rotatable bonds is 3. The smallest absolute Gasteiger partial charge is 0.243 e. The van der Waals surface area contributed by atoms with Gasteiger partial charge in [0.25, 0.3) is 0 Å². The topological polar surface area (TPSA) is 57.7 Å². The third-order valence-corrected chi connectivity index (χ3v) is 6.09. The Balaban J connectivity index is 1.82. The quantitative estimate of drug-likeness (QED) is 0.859. The molecule has 0 bridgehead atoms. The van der Waals surface area contributed by atoms with Gasteiger partial charge < -0.3 is 4.90 Å². The first kappa shape index (κ1) is 16.7. The normalized spacial score (nSPS) is 16.9. The number of para-hydroxylation sites is 1. The number of sulfonamides is 1. The van der Waals surface area contributed by atoms with Crippen molar-refractivity contribution in [1.29, 1.82) is 0 Å². The van der Waals surface area contributed by atoms with Gasteiger partial charge in [-0.05, 0) is 31.2 Å². The summed E-state index contributed by atoms with van der Waals surface area (Å²) < 4.78 is 27.0. The maximum absolute atomic E-state index is 12.8. The first-order chi connectivity index (χ1) is 11.5. The molecule has 0 atom stereocenters. The van der Waals surface area contributed by atoms with Gasteiger partial charge in [0, 0.05) is 31.7 Å². The van der Waals surface area contributed by atoms with Crippen molar-refractivity contribution in [3.63, 3.8) is 0 Å². The summed E-state index contributed by atoms with van der Waals surface area (Å²) in [4.78, 5) is 14.3. The molecule has 24 heavy (non-hydrogen) atoms. The van der Waals surface area contributed by atoms with Gasteiger partial charge in [-0.25, -0.2) is 8.42 Å². The van der Waals surface area contributed by atoms with E-state index in [1.54, 1.807) is 29.2 Å². The minimum absolute atomic E-state index is 0.0530. The van der Waals surface area contributed by atoms with Crippen LogP contribution >= 0.6 is 0 Å². The number of amides is 1. The fourth-order valence-corrected chi connectivity index (χ4v) is 4.22. The molecule has 2 aromatic rings. The number of anilines is 1. The van der Waals surface area contributed by atoms with Gasteiger partial charge in [0.05, 0.1) is 4.90 Å². The molecule has 0 spiro atoms. The lowest BCUT2D eigenvalue weighted by atomic mass is 10.2. The highest BCUT2D eigenvalue weighted by atomic mass is 32.2. The molecule has 1 aliphatic heterocycles. The van der Waals surface area contributed by atoms with Gasteiger partial charge in [-0.2, -0.15) is 4.31 Å². The van der Waals surface area contributed by atoms with E-state index in [0.29, 0.717) is 6.54 Å². The van der Waals surface area contributed by atoms with Gasteiger partial charge in [-0.1, -0.05) is 35.9 Å². The van der Waals surface area contributed by atoms with Crippen LogP contribution in [0.15, 0.2) is 59.5 Å². The average molecular weight is 344 g/mol. The Hall–Kier alpha value is -2.18. The zero-order valence-electron chi connectivity index (χ0n) is 13.6. The van der Waals surface area contributed by atoms with Crippen LogP contribution in [-0.2, 0) is 14.8 Å². The summed E-state index contributed by atoms with van der Waals surface area (Å²) in [6.07, 6.45) is 0.181. The van der Waals surface area contributed by atoms with Crippen LogP contribution in [0.3, 0.4) is 0 Å². The molecule has 3 rings (SSSR count). The second-order valence-corrected chi connectivity index (χ2v) is 7.79. The SMILES string of the molecule is Cc1ccc(S(=O)(=O)N2CCC(=O)N(c3ccccc3)CC2)cc1. The summed E-state index contributed by atoms with van der Waals surface area (Å²) in [6, 6.07) is 16.2. The third kappa shape index (κ3) is 3.34. The van der Waals surface area contributed by atoms with Gasteiger partial charge >= 0.3 is 0 Å². The summed E-state index contributed by atoms with van der Waals surface area (Å²) in [5.74, 6) is -0.0530. The molecule has 2 aromatic carbocycles. The highest BCUT2D eigenvalue weighted by Crippen LogP contribution is 2.21. The number of nitrogens with zero attached hydrogens (tertiary/aromatic N) is 2. The number of aryl methyl sites for hydroxylation is 1. The Morgan fingerprint density at radius 1 is 0.875 bits per heavy atom. The molecule has 0 aromatic heterocycles. The minimum Gasteiger partial charge on any atom is -0.311 e. The molecule has 1 aliphatic rings. The van der Waals surface area contributed by atoms with E-state index in [1.165, 1.54) is 4.31 Å². The third-order valence-electron chi connectivity index (χ3n) is 4.18. The lowest BCUT2D eigenvalue weighted by Gasteiger charge is -2.22. The lowest BCUT2D eigenvalue weighted by molar-refractivity contribution is -0.118. The predicted molar refractivity (Wildman–Crippen MR) is 93.3 cm³/mol. The summed E-state index contributed by atoms with van der Waals surface area (Å²) in [7, 11) is -3.58. The second-order valence-electron chi connectivity index (χ2n) is 5.85. The first-order valence-corrected chi connectivity index (χ1v) is 9.35. The molecule has 1 amide bonds. The van der Waals surface area contributed by atoms with Crippen molar-refractivity contribution in [3.05, 3.63) is 60.2 Å². The fraction of sp³-hybridized carbons (Fsp3) is 0.278. The molecule has 126 valence electrons. The number of hydrogen-bond acceptors (Lipinski definition) is 3. The monoisotopic (exact) mass is 344 g/mol. The van der Waals surface area contributed by atoms with Crippen molar-refractivity contribution in [2.75, 3.05) is 24.5 Å². The van der Waals surface area contributed by atoms with Crippen molar-refractivity contribution in [2.45, 2.75) is 18.2 Å². The Morgan fingerprint density at radius 3 is 2.21 bits per heavy atom. The van der Waals surface area contributed by atoms with Crippen molar-refractivity contribution < 1.29 is 13.2 Å². The number of benzene rings is 2. The van der Waals surface area contributed by atoms with Crippen LogP contribution < -0.4 is 4.90 Å². The van der Waals surface area contributed by atoms with Crippen LogP contribution in [0.2, 0.25) is 0 Å². The minimum atomic E-state index is -3.58. The number of carbonyl (C=O) groups is 1. The van der Waals surface area contributed by atoms with E-state index in [0.717, 1.165) is 11.3 Å². The Morgan fingerprint density at radius 2 is 1.54 bits per heavy atom. The van der Waals surface area contributed by atoms with Crippen molar-refractivity contribution >= 4 is 21.6 Å². The molecule has 1 fully saturated rings. The maximum Gasteiger partial charge on any atom is 0.243 e. The van der Waals surface area contributed by atoms with Crippen LogP contribution in [0.25, 0.3) is 0 Å². The van der Waals surface area contributed by atoms with Gasteiger partial charge in [-0.3, -0.25) is 4.79 Å². The van der Waals surface area contributed by atoms with Gasteiger partial charge in [-0.15, -0.1) is 0 Å². The second kappa shape index (κ2) is 6.75. The predicted octanol–water partition coefficient (Wildman–Crippen LogP) is 2.42. The first-order valence-electron chi connectivity index (χ1n) is 7.91. The summed E-state index contributed by atoms with van der Waals surface area (Å²) in [5, 5.41) is 0. The Labute approximate surface area is 142 Å². The van der Waals surface area contributed by atoms with E-state index in [-0.39, 0.29) is 30.3 Å². The molecule has 5 nitrogen and oxygen atoms in total. The van der Waals surface area contributed by atoms with E-state index in [4.69, 9.17) is 0 Å². The van der Waals surface area contributed by atoms with Crippen molar-refractivity contribution in [2.24, 2.45) is 0 Å². The summed E-state index contributed by atoms with van der Waals surface area (Å²) in [6.45, 7) is 2.77. The molecule has 0 aliphatic carbocycles. The van der Waals surface area contributed by atoms with Crippen LogP contribution in [-0.4, -0.2) is 38.3 Å². The number of carbonyl (C=O) groups excluding carboxylic acids is 1. The van der Waals surface area contributed by atoms with E-state index >= 15 is 0 Å². The van der Waals surface area contributed by atoms with E-state index in [9.17, 15) is 13.2 Å². The zero-order valence-corrected chi connectivity index (χ0v) is 14.4. The van der Waals surface area contributed by atoms with E-state index in [2.05, 4.69) is 0 Å². The lowest BCUT2D eigenvalue weighted by Crippen LogP contribution is -2.35. The highest BCUT2D eigenvalue weighted by Gasteiger charge is 2.30.